The van der Waals surface area contributed by atoms with Crippen molar-refractivity contribution in [2.45, 2.75) is 33.2 Å². The van der Waals surface area contributed by atoms with E-state index in [0.717, 1.165) is 16.9 Å². The van der Waals surface area contributed by atoms with Gasteiger partial charge in [-0.15, -0.1) is 0 Å². The van der Waals surface area contributed by atoms with Crippen LogP contribution in [0.3, 0.4) is 0 Å². The van der Waals surface area contributed by atoms with Gasteiger partial charge in [0.25, 0.3) is 5.91 Å². The molecule has 1 saturated heterocycles. The van der Waals surface area contributed by atoms with Gasteiger partial charge in [-0.3, -0.25) is 14.4 Å². The number of carbonyl (C=O) groups is 3. The Balaban J connectivity index is 1.59. The van der Waals surface area contributed by atoms with Crippen LogP contribution in [0, 0.1) is 12.8 Å². The van der Waals surface area contributed by atoms with Gasteiger partial charge >= 0.3 is 5.97 Å². The highest BCUT2D eigenvalue weighted by atomic mass is 16.5. The molecule has 0 radical (unpaired) electrons. The molecule has 6 heteroatoms. The van der Waals surface area contributed by atoms with Crippen molar-refractivity contribution in [3.05, 3.63) is 60.2 Å². The molecule has 0 unspecified atom stereocenters. The van der Waals surface area contributed by atoms with Crippen LogP contribution in [0.5, 0.6) is 0 Å². The molecule has 3 rings (SSSR count). The number of para-hydroxylation sites is 1. The summed E-state index contributed by atoms with van der Waals surface area (Å²) in [4.78, 5) is 40.7. The summed E-state index contributed by atoms with van der Waals surface area (Å²) < 4.78 is 5.28. The molecule has 2 amide bonds. The van der Waals surface area contributed by atoms with E-state index < -0.39 is 11.9 Å². The Labute approximate surface area is 171 Å². The molecule has 2 aromatic rings. The molecule has 0 aromatic heterocycles. The van der Waals surface area contributed by atoms with Gasteiger partial charge in [-0.25, -0.2) is 0 Å². The van der Waals surface area contributed by atoms with Gasteiger partial charge in [0.2, 0.25) is 5.91 Å². The Morgan fingerprint density at radius 1 is 1.10 bits per heavy atom. The quantitative estimate of drug-likeness (QED) is 0.705. The lowest BCUT2D eigenvalue weighted by atomic mass is 10.1. The maximum atomic E-state index is 12.7. The molecule has 29 heavy (non-hydrogen) atoms. The molecule has 152 valence electrons. The number of anilines is 2. The van der Waals surface area contributed by atoms with Gasteiger partial charge in [-0.2, -0.15) is 0 Å². The van der Waals surface area contributed by atoms with Crippen LogP contribution in [0.25, 0.3) is 0 Å². The van der Waals surface area contributed by atoms with Gasteiger partial charge in [0.15, 0.2) is 6.61 Å². The maximum absolute atomic E-state index is 12.7. The molecule has 1 aliphatic heterocycles. The molecule has 1 fully saturated rings. The second kappa shape index (κ2) is 8.90. The monoisotopic (exact) mass is 394 g/mol. The number of benzene rings is 2. The van der Waals surface area contributed by atoms with E-state index in [0.29, 0.717) is 0 Å². The first-order valence-electron chi connectivity index (χ1n) is 9.77. The molecular formula is C23H26N2O4. The van der Waals surface area contributed by atoms with E-state index in [2.05, 4.69) is 0 Å². The summed E-state index contributed by atoms with van der Waals surface area (Å²) in [6.07, 6.45) is 0.0908. The zero-order valence-corrected chi connectivity index (χ0v) is 17.0. The number of amides is 2. The van der Waals surface area contributed by atoms with Crippen LogP contribution in [0.15, 0.2) is 54.6 Å². The summed E-state index contributed by atoms with van der Waals surface area (Å²) in [6, 6.07) is 16.8. The van der Waals surface area contributed by atoms with Crippen molar-refractivity contribution in [3.8, 4) is 0 Å². The highest BCUT2D eigenvalue weighted by Crippen LogP contribution is 2.26. The number of hydrogen-bond acceptors (Lipinski definition) is 4. The SMILES string of the molecule is Cc1ccc(N2C[C@@H](C(=O)OCC(=O)N(c3ccccc3)C(C)C)CC2=O)cc1. The topological polar surface area (TPSA) is 66.9 Å². The third-order valence-corrected chi connectivity index (χ3v) is 4.96. The van der Waals surface area contributed by atoms with E-state index in [1.165, 1.54) is 0 Å². The summed E-state index contributed by atoms with van der Waals surface area (Å²) in [6.45, 7) is 5.70. The number of rotatable bonds is 6. The van der Waals surface area contributed by atoms with E-state index in [1.54, 1.807) is 9.80 Å². The standard InChI is InChI=1S/C23H26N2O4/c1-16(2)25(20-7-5-4-6-8-20)22(27)15-29-23(28)18-13-21(26)24(14-18)19-11-9-17(3)10-12-19/h4-12,16,18H,13-15H2,1-3H3/t18-/m0/s1. The van der Waals surface area contributed by atoms with Crippen molar-refractivity contribution >= 4 is 29.2 Å². The number of aryl methyl sites for hydroxylation is 1. The van der Waals surface area contributed by atoms with Crippen LogP contribution in [-0.2, 0) is 19.1 Å². The van der Waals surface area contributed by atoms with Crippen molar-refractivity contribution in [1.29, 1.82) is 0 Å². The van der Waals surface area contributed by atoms with E-state index in [9.17, 15) is 14.4 Å². The first kappa shape index (κ1) is 20.6. The number of nitrogens with zero attached hydrogens (tertiary/aromatic N) is 2. The Hall–Kier alpha value is -3.15. The van der Waals surface area contributed by atoms with Crippen LogP contribution in [0.1, 0.15) is 25.8 Å². The van der Waals surface area contributed by atoms with E-state index in [-0.39, 0.29) is 37.4 Å². The third kappa shape index (κ3) is 4.83. The van der Waals surface area contributed by atoms with Crippen molar-refractivity contribution in [2.75, 3.05) is 23.0 Å². The third-order valence-electron chi connectivity index (χ3n) is 4.96. The molecule has 0 aliphatic carbocycles. The largest absolute Gasteiger partial charge is 0.455 e. The summed E-state index contributed by atoms with van der Waals surface area (Å²) in [5.41, 5.74) is 2.62. The van der Waals surface area contributed by atoms with Crippen molar-refractivity contribution < 1.29 is 19.1 Å². The van der Waals surface area contributed by atoms with Crippen LogP contribution < -0.4 is 9.80 Å². The van der Waals surface area contributed by atoms with Crippen molar-refractivity contribution in [1.82, 2.24) is 0 Å². The average molecular weight is 394 g/mol. The lowest BCUT2D eigenvalue weighted by molar-refractivity contribution is -0.151. The molecule has 0 saturated carbocycles. The molecule has 0 bridgehead atoms. The second-order valence-corrected chi connectivity index (χ2v) is 7.54. The minimum Gasteiger partial charge on any atom is -0.455 e. The lowest BCUT2D eigenvalue weighted by Gasteiger charge is -2.26. The Morgan fingerprint density at radius 3 is 2.38 bits per heavy atom. The highest BCUT2D eigenvalue weighted by molar-refractivity contribution is 6.00. The van der Waals surface area contributed by atoms with E-state index >= 15 is 0 Å². The van der Waals surface area contributed by atoms with E-state index in [1.807, 2.05) is 75.4 Å². The van der Waals surface area contributed by atoms with Gasteiger partial charge < -0.3 is 14.5 Å². The molecule has 2 aromatic carbocycles. The Morgan fingerprint density at radius 2 is 1.76 bits per heavy atom. The minimum atomic E-state index is -0.569. The molecule has 0 N–H and O–H groups in total. The van der Waals surface area contributed by atoms with Crippen molar-refractivity contribution in [3.63, 3.8) is 0 Å². The highest BCUT2D eigenvalue weighted by Gasteiger charge is 2.36. The van der Waals surface area contributed by atoms with Crippen molar-refractivity contribution in [2.24, 2.45) is 5.92 Å². The summed E-state index contributed by atoms with van der Waals surface area (Å²) in [7, 11) is 0. The van der Waals surface area contributed by atoms with Crippen LogP contribution >= 0.6 is 0 Å². The van der Waals surface area contributed by atoms with E-state index in [4.69, 9.17) is 4.74 Å². The van der Waals surface area contributed by atoms with Crippen LogP contribution in [0.4, 0.5) is 11.4 Å². The average Bonchev–Trinajstić information content (AvgIpc) is 3.09. The Bertz CT molecular complexity index is 878. The molecule has 1 heterocycles. The zero-order chi connectivity index (χ0) is 21.0. The first-order valence-corrected chi connectivity index (χ1v) is 9.77. The summed E-state index contributed by atoms with van der Waals surface area (Å²) in [5, 5.41) is 0. The van der Waals surface area contributed by atoms with Crippen LogP contribution in [-0.4, -0.2) is 37.0 Å². The van der Waals surface area contributed by atoms with Crippen LogP contribution in [0.2, 0.25) is 0 Å². The smallest absolute Gasteiger partial charge is 0.311 e. The fourth-order valence-corrected chi connectivity index (χ4v) is 3.48. The predicted molar refractivity (Wildman–Crippen MR) is 112 cm³/mol. The predicted octanol–water partition coefficient (Wildman–Crippen LogP) is 3.33. The fraction of sp³-hybridized carbons (Fsp3) is 0.348. The van der Waals surface area contributed by atoms with Gasteiger partial charge in [0, 0.05) is 30.4 Å². The molecule has 1 aliphatic rings. The second-order valence-electron chi connectivity index (χ2n) is 7.54. The normalized spacial score (nSPS) is 16.2. The molecule has 1 atom stereocenters. The van der Waals surface area contributed by atoms with Gasteiger partial charge in [0.05, 0.1) is 5.92 Å². The Kier molecular flexibility index (Phi) is 6.32. The van der Waals surface area contributed by atoms with Gasteiger partial charge in [-0.1, -0.05) is 35.9 Å². The lowest BCUT2D eigenvalue weighted by Crippen LogP contribution is -2.40. The fourth-order valence-electron chi connectivity index (χ4n) is 3.48. The summed E-state index contributed by atoms with van der Waals surface area (Å²) >= 11 is 0. The summed E-state index contributed by atoms with van der Waals surface area (Å²) in [5.74, 6) is -1.49. The minimum absolute atomic E-state index is 0.0753. The number of ether oxygens (including phenoxy) is 1. The number of carbonyl (C=O) groups excluding carboxylic acids is 3. The first-order chi connectivity index (χ1) is 13.9. The molecule has 6 nitrogen and oxygen atoms in total. The molecule has 0 spiro atoms. The number of esters is 1. The zero-order valence-electron chi connectivity index (χ0n) is 17.0. The molecular weight excluding hydrogens is 368 g/mol. The van der Waals surface area contributed by atoms with Gasteiger partial charge in [-0.05, 0) is 45.0 Å². The maximum Gasteiger partial charge on any atom is 0.311 e. The van der Waals surface area contributed by atoms with Gasteiger partial charge in [0.1, 0.15) is 0 Å². The number of hydrogen-bond donors (Lipinski definition) is 0.